The third-order valence-corrected chi connectivity index (χ3v) is 12.3. The number of aromatic nitrogens is 1. The molecule has 9 rings (SSSR count). The van der Waals surface area contributed by atoms with E-state index >= 15 is 0 Å². The number of carbonyl (C=O) groups excluding carboxylic acids is 2. The molecule has 4 fully saturated rings. The monoisotopic (exact) mass is 716 g/mol. The van der Waals surface area contributed by atoms with Crippen LogP contribution >= 0.6 is 0 Å². The summed E-state index contributed by atoms with van der Waals surface area (Å²) in [5.41, 5.74) is 12.4. The summed E-state index contributed by atoms with van der Waals surface area (Å²) in [6.07, 6.45) is 9.11. The van der Waals surface area contributed by atoms with Gasteiger partial charge in [0.25, 0.3) is 5.91 Å². The standard InChI is InChI=1S/C42H48N6O5/c1-27(45-25-41-20-39(2)19-40(3,21-41)23-42(22-39,24-41)53-16-14-44-26-49)31(17-43)29-11-12-35(46-36(29)38(51)52)47-15-13-28-7-6-8-30(32(28)18-47)37(50)48-33-9-4-5-10-34(33)48/h4-12,17,26H,13-16,18-25,43H2,1-3H3,(H,44,49)(H,51,52). The summed E-state index contributed by atoms with van der Waals surface area (Å²) in [6.45, 7) is 9.32. The normalized spacial score (nSPS) is 28.4. The van der Waals surface area contributed by atoms with Crippen molar-refractivity contribution in [1.82, 2.24) is 10.3 Å². The van der Waals surface area contributed by atoms with Crippen LogP contribution in [0.4, 0.5) is 17.2 Å². The molecule has 53 heavy (non-hydrogen) atoms. The van der Waals surface area contributed by atoms with Gasteiger partial charge in [0.2, 0.25) is 6.41 Å². The Balaban J connectivity index is 1.02. The number of hydrogen-bond donors (Lipinski definition) is 3. The molecule has 4 bridgehead atoms. The molecule has 11 nitrogen and oxygen atoms in total. The number of carboxylic acid groups (broad SMARTS) is 1. The molecule has 1 aromatic heterocycles. The summed E-state index contributed by atoms with van der Waals surface area (Å²) < 4.78 is 6.61. The largest absolute Gasteiger partial charge is 0.476 e. The molecule has 276 valence electrons. The molecule has 3 heterocycles. The number of allylic oxidation sites excluding steroid dienone is 1. The lowest BCUT2D eigenvalue weighted by Gasteiger charge is -2.69. The Morgan fingerprint density at radius 1 is 0.981 bits per heavy atom. The van der Waals surface area contributed by atoms with Gasteiger partial charge in [-0.15, -0.1) is 0 Å². The molecule has 2 aromatic carbocycles. The van der Waals surface area contributed by atoms with Crippen LogP contribution in [0.2, 0.25) is 0 Å². The van der Waals surface area contributed by atoms with E-state index < -0.39 is 5.97 Å². The van der Waals surface area contributed by atoms with Gasteiger partial charge in [-0.2, -0.15) is 0 Å². The highest BCUT2D eigenvalue weighted by molar-refractivity contribution is 6.24. The summed E-state index contributed by atoms with van der Waals surface area (Å²) in [6, 6.07) is 17.2. The smallest absolute Gasteiger partial charge is 0.355 e. The molecule has 4 saturated carbocycles. The molecule has 2 atom stereocenters. The highest BCUT2D eigenvalue weighted by Gasteiger charge is 2.66. The number of amides is 2. The van der Waals surface area contributed by atoms with E-state index in [9.17, 15) is 19.5 Å². The number of benzene rings is 2. The van der Waals surface area contributed by atoms with Crippen molar-refractivity contribution in [2.75, 3.05) is 36.0 Å². The van der Waals surface area contributed by atoms with Crippen molar-refractivity contribution in [2.45, 2.75) is 77.9 Å². The van der Waals surface area contributed by atoms with Crippen LogP contribution in [0, 0.1) is 16.2 Å². The first-order valence-corrected chi connectivity index (χ1v) is 18.7. The minimum atomic E-state index is -1.15. The number of nitrogens with one attached hydrogen (secondary N) is 1. The second-order valence-corrected chi connectivity index (χ2v) is 16.9. The van der Waals surface area contributed by atoms with Crippen molar-refractivity contribution in [3.8, 4) is 0 Å². The van der Waals surface area contributed by atoms with Crippen molar-refractivity contribution in [2.24, 2.45) is 27.0 Å². The van der Waals surface area contributed by atoms with Crippen molar-refractivity contribution < 1.29 is 24.2 Å². The number of hydrogen-bond acceptors (Lipinski definition) is 8. The maximum atomic E-state index is 13.6. The van der Waals surface area contributed by atoms with Crippen molar-refractivity contribution >= 4 is 46.8 Å². The Hall–Kier alpha value is -5.03. The number of carbonyl (C=O) groups is 3. The maximum Gasteiger partial charge on any atom is 0.355 e. The number of rotatable bonds is 12. The average molecular weight is 717 g/mol. The number of anilines is 3. The molecule has 4 N–H and O–H groups in total. The lowest BCUT2D eigenvalue weighted by molar-refractivity contribution is -0.241. The van der Waals surface area contributed by atoms with Crippen LogP contribution in [0.1, 0.15) is 96.8 Å². The highest BCUT2D eigenvalue weighted by atomic mass is 16.5. The second-order valence-electron chi connectivity index (χ2n) is 16.9. The van der Waals surface area contributed by atoms with Gasteiger partial charge in [0.1, 0.15) is 5.82 Å². The number of para-hydroxylation sites is 2. The fourth-order valence-electron chi connectivity index (χ4n) is 11.4. The molecule has 2 amide bonds. The summed E-state index contributed by atoms with van der Waals surface area (Å²) in [5, 5.41) is 13.2. The van der Waals surface area contributed by atoms with E-state index in [2.05, 4.69) is 25.2 Å². The third kappa shape index (κ3) is 6.28. The first kappa shape index (κ1) is 35.0. The molecule has 0 saturated heterocycles. The molecule has 3 aromatic rings. The highest BCUT2D eigenvalue weighted by Crippen LogP contribution is 2.71. The number of fused-ring (bicyclic) bond motifs is 2. The Morgan fingerprint density at radius 3 is 2.40 bits per heavy atom. The topological polar surface area (TPSA) is 150 Å². The minimum Gasteiger partial charge on any atom is -0.476 e. The van der Waals surface area contributed by atoms with Gasteiger partial charge in [-0.3, -0.25) is 19.5 Å². The van der Waals surface area contributed by atoms with E-state index in [1.165, 1.54) is 12.6 Å². The van der Waals surface area contributed by atoms with Gasteiger partial charge >= 0.3 is 5.97 Å². The quantitative estimate of drug-likeness (QED) is 0.0859. The van der Waals surface area contributed by atoms with Crippen LogP contribution in [-0.2, 0) is 22.5 Å². The van der Waals surface area contributed by atoms with E-state index in [1.807, 2.05) is 54.3 Å². The summed E-state index contributed by atoms with van der Waals surface area (Å²) in [5.74, 6) is -0.673. The zero-order chi connectivity index (χ0) is 37.2. The minimum absolute atomic E-state index is 0.0425. The lowest BCUT2D eigenvalue weighted by atomic mass is 9.39. The van der Waals surface area contributed by atoms with Crippen LogP contribution < -0.4 is 20.9 Å². The van der Waals surface area contributed by atoms with Crippen molar-refractivity contribution in [1.29, 1.82) is 0 Å². The van der Waals surface area contributed by atoms with Crippen molar-refractivity contribution in [3.63, 3.8) is 0 Å². The first-order chi connectivity index (χ1) is 25.4. The predicted molar refractivity (Wildman–Crippen MR) is 205 cm³/mol. The molecule has 0 spiro atoms. The number of aromatic carboxylic acids is 1. The Kier molecular flexibility index (Phi) is 8.48. The number of nitrogens with zero attached hydrogens (tertiary/aromatic N) is 4. The van der Waals surface area contributed by atoms with E-state index in [0.29, 0.717) is 73.8 Å². The van der Waals surface area contributed by atoms with E-state index in [1.54, 1.807) is 11.0 Å². The zero-order valence-corrected chi connectivity index (χ0v) is 30.8. The fourth-order valence-corrected chi connectivity index (χ4v) is 11.4. The van der Waals surface area contributed by atoms with E-state index in [0.717, 1.165) is 54.6 Å². The fraction of sp³-hybridized carbons (Fsp3) is 0.452. The molecule has 4 aliphatic carbocycles. The van der Waals surface area contributed by atoms with E-state index in [-0.39, 0.29) is 33.4 Å². The maximum absolute atomic E-state index is 13.6. The Bertz CT molecular complexity index is 2030. The van der Waals surface area contributed by atoms with Crippen LogP contribution in [0.3, 0.4) is 0 Å². The number of pyridine rings is 1. The van der Waals surface area contributed by atoms with Crippen LogP contribution in [0.15, 0.2) is 65.8 Å². The number of nitrogens with two attached hydrogens (primary N) is 1. The molecule has 2 aliphatic heterocycles. The van der Waals surface area contributed by atoms with E-state index in [4.69, 9.17) is 20.4 Å². The number of ether oxygens (including phenoxy) is 1. The van der Waals surface area contributed by atoms with Gasteiger partial charge in [-0.25, -0.2) is 9.78 Å². The summed E-state index contributed by atoms with van der Waals surface area (Å²) in [7, 11) is 0. The van der Waals surface area contributed by atoms with Gasteiger partial charge in [-0.05, 0) is 110 Å². The molecular formula is C42H48N6O5. The van der Waals surface area contributed by atoms with Crippen LogP contribution in [0.25, 0.3) is 5.57 Å². The van der Waals surface area contributed by atoms with Crippen molar-refractivity contribution in [3.05, 3.63) is 88.7 Å². The van der Waals surface area contributed by atoms with Gasteiger partial charge in [-0.1, -0.05) is 38.1 Å². The summed E-state index contributed by atoms with van der Waals surface area (Å²) in [4.78, 5) is 50.9. The third-order valence-electron chi connectivity index (χ3n) is 12.3. The average Bonchev–Trinajstić information content (AvgIpc) is 3.85. The predicted octanol–water partition coefficient (Wildman–Crippen LogP) is 6.28. The number of aliphatic imine (C=N–C) groups is 1. The molecule has 6 aliphatic rings. The second kappa shape index (κ2) is 12.8. The van der Waals surface area contributed by atoms with Gasteiger partial charge < -0.3 is 25.8 Å². The SMILES string of the molecule is CC(=NCC12CC3(C)CC(C)(C1)CC(OCCNC=O)(C3)C2)C(=CN)c1ccc(N2CCc3cccc(C(=O)N4c5ccccc54)c3C2)nc1C(=O)O. The van der Waals surface area contributed by atoms with Gasteiger partial charge in [0.15, 0.2) is 5.69 Å². The van der Waals surface area contributed by atoms with Crippen LogP contribution in [-0.4, -0.2) is 65.9 Å². The van der Waals surface area contributed by atoms with Gasteiger partial charge in [0.05, 0.1) is 23.6 Å². The van der Waals surface area contributed by atoms with Gasteiger partial charge in [0, 0.05) is 54.8 Å². The molecular weight excluding hydrogens is 668 g/mol. The molecule has 2 unspecified atom stereocenters. The first-order valence-electron chi connectivity index (χ1n) is 18.7. The Labute approximate surface area is 310 Å². The Morgan fingerprint density at radius 2 is 1.72 bits per heavy atom. The zero-order valence-electron chi connectivity index (χ0n) is 30.8. The lowest BCUT2D eigenvalue weighted by Crippen LogP contribution is -2.64. The number of carboxylic acids is 1. The summed E-state index contributed by atoms with van der Waals surface area (Å²) >= 11 is 0. The molecule has 11 heteroatoms. The van der Waals surface area contributed by atoms with Crippen LogP contribution in [0.5, 0.6) is 0 Å². The molecule has 0 radical (unpaired) electrons.